The molecular formula is C15H23ClN2O2. The van der Waals surface area contributed by atoms with Crippen LogP contribution >= 0.6 is 11.6 Å². The lowest BCUT2D eigenvalue weighted by atomic mass is 10.1. The molecule has 1 aromatic heterocycles. The van der Waals surface area contributed by atoms with E-state index in [1.54, 1.807) is 12.1 Å². The number of aryl methyl sites for hydroxylation is 1. The summed E-state index contributed by atoms with van der Waals surface area (Å²) in [4.78, 5) is 16.4. The average Bonchev–Trinajstić information content (AvgIpc) is 2.35. The molecule has 1 rings (SSSR count). The van der Waals surface area contributed by atoms with Crippen molar-refractivity contribution >= 4 is 17.5 Å². The second-order valence-corrected chi connectivity index (χ2v) is 5.68. The van der Waals surface area contributed by atoms with Gasteiger partial charge < -0.3 is 10.1 Å². The molecule has 1 aromatic rings. The molecule has 0 atom stereocenters. The van der Waals surface area contributed by atoms with Crippen molar-refractivity contribution in [3.05, 3.63) is 28.5 Å². The van der Waals surface area contributed by atoms with Crippen LogP contribution in [0.1, 0.15) is 50.2 Å². The fourth-order valence-electron chi connectivity index (χ4n) is 1.90. The van der Waals surface area contributed by atoms with Crippen LogP contribution in [-0.4, -0.2) is 29.6 Å². The van der Waals surface area contributed by atoms with E-state index in [9.17, 15) is 4.79 Å². The van der Waals surface area contributed by atoms with Crippen molar-refractivity contribution < 1.29 is 9.53 Å². The third-order valence-electron chi connectivity index (χ3n) is 2.83. The van der Waals surface area contributed by atoms with E-state index in [1.807, 2.05) is 20.8 Å². The number of aromatic nitrogens is 1. The molecule has 0 saturated carbocycles. The average molecular weight is 299 g/mol. The molecule has 4 nitrogen and oxygen atoms in total. The van der Waals surface area contributed by atoms with Crippen LogP contribution in [0.15, 0.2) is 12.1 Å². The van der Waals surface area contributed by atoms with Gasteiger partial charge in [-0.3, -0.25) is 4.79 Å². The summed E-state index contributed by atoms with van der Waals surface area (Å²) in [6.45, 7) is 8.95. The van der Waals surface area contributed by atoms with Gasteiger partial charge >= 0.3 is 0 Å². The number of nitrogens with one attached hydrogen (secondary N) is 1. The number of halogens is 1. The Kier molecular flexibility index (Phi) is 6.43. The topological polar surface area (TPSA) is 51.2 Å². The van der Waals surface area contributed by atoms with E-state index < -0.39 is 0 Å². The molecule has 0 bridgehead atoms. The summed E-state index contributed by atoms with van der Waals surface area (Å²) in [6, 6.07) is 3.38. The van der Waals surface area contributed by atoms with Crippen LogP contribution in [0.5, 0.6) is 0 Å². The molecule has 1 heterocycles. The summed E-state index contributed by atoms with van der Waals surface area (Å²) >= 11 is 5.95. The molecular weight excluding hydrogens is 276 g/mol. The summed E-state index contributed by atoms with van der Waals surface area (Å²) in [7, 11) is 0. The van der Waals surface area contributed by atoms with Crippen LogP contribution in [0.3, 0.4) is 0 Å². The van der Waals surface area contributed by atoms with Crippen LogP contribution in [0, 0.1) is 0 Å². The maximum Gasteiger partial charge on any atom is 0.251 e. The van der Waals surface area contributed by atoms with Crippen molar-refractivity contribution in [2.45, 2.75) is 46.1 Å². The predicted molar refractivity (Wildman–Crippen MR) is 81.3 cm³/mol. The van der Waals surface area contributed by atoms with Gasteiger partial charge in [0.2, 0.25) is 0 Å². The number of hydrogen-bond donors (Lipinski definition) is 1. The summed E-state index contributed by atoms with van der Waals surface area (Å²) in [5.74, 6) is -0.153. The van der Waals surface area contributed by atoms with Crippen molar-refractivity contribution in [3.63, 3.8) is 0 Å². The second kappa shape index (κ2) is 7.60. The molecule has 0 aliphatic carbocycles. The first kappa shape index (κ1) is 16.9. The van der Waals surface area contributed by atoms with E-state index in [-0.39, 0.29) is 11.5 Å². The van der Waals surface area contributed by atoms with Gasteiger partial charge in [0.1, 0.15) is 5.15 Å². The highest BCUT2D eigenvalue weighted by Crippen LogP contribution is 2.13. The van der Waals surface area contributed by atoms with E-state index in [4.69, 9.17) is 16.3 Å². The zero-order valence-corrected chi connectivity index (χ0v) is 13.4. The monoisotopic (exact) mass is 298 g/mol. The lowest BCUT2D eigenvalue weighted by Crippen LogP contribution is -2.40. The number of rotatable bonds is 7. The fourth-order valence-corrected chi connectivity index (χ4v) is 2.13. The number of amides is 1. The Bertz CT molecular complexity index is 461. The molecule has 0 aliphatic rings. The Balaban J connectivity index is 2.72. The molecule has 1 amide bonds. The molecule has 0 unspecified atom stereocenters. The molecule has 20 heavy (non-hydrogen) atoms. The third-order valence-corrected chi connectivity index (χ3v) is 3.02. The highest BCUT2D eigenvalue weighted by atomic mass is 35.5. The Morgan fingerprint density at radius 1 is 1.40 bits per heavy atom. The van der Waals surface area contributed by atoms with Crippen LogP contribution < -0.4 is 5.32 Å². The summed E-state index contributed by atoms with van der Waals surface area (Å²) in [5.41, 5.74) is 1.00. The van der Waals surface area contributed by atoms with Crippen molar-refractivity contribution in [2.24, 2.45) is 0 Å². The van der Waals surface area contributed by atoms with E-state index in [2.05, 4.69) is 17.2 Å². The van der Waals surface area contributed by atoms with E-state index in [1.165, 1.54) is 0 Å². The molecule has 0 aliphatic heterocycles. The minimum atomic E-state index is -0.381. The quantitative estimate of drug-likeness (QED) is 0.786. The van der Waals surface area contributed by atoms with Crippen LogP contribution in [0.4, 0.5) is 0 Å². The Morgan fingerprint density at radius 3 is 2.70 bits per heavy atom. The van der Waals surface area contributed by atoms with Gasteiger partial charge in [0, 0.05) is 24.4 Å². The van der Waals surface area contributed by atoms with Gasteiger partial charge in [0.25, 0.3) is 5.91 Å². The van der Waals surface area contributed by atoms with Gasteiger partial charge in [-0.2, -0.15) is 0 Å². The number of hydrogen-bond acceptors (Lipinski definition) is 3. The first-order valence-corrected chi connectivity index (χ1v) is 7.34. The highest BCUT2D eigenvalue weighted by Gasteiger charge is 2.19. The van der Waals surface area contributed by atoms with Crippen molar-refractivity contribution in [2.75, 3.05) is 13.2 Å². The standard InChI is InChI=1S/C15H23ClN2O2/c1-5-7-12-8-11(9-13(16)18-12)14(19)17-10-15(3,4)20-6-2/h8-9H,5-7,10H2,1-4H3,(H,17,19). The summed E-state index contributed by atoms with van der Waals surface area (Å²) in [6.07, 6.45) is 1.77. The Hall–Kier alpha value is -1.13. The third kappa shape index (κ3) is 5.47. The number of carbonyl (C=O) groups is 1. The van der Waals surface area contributed by atoms with E-state index in [0.29, 0.717) is 23.9 Å². The van der Waals surface area contributed by atoms with Gasteiger partial charge in [-0.1, -0.05) is 24.9 Å². The first-order chi connectivity index (χ1) is 9.38. The minimum Gasteiger partial charge on any atom is -0.374 e. The van der Waals surface area contributed by atoms with Crippen LogP contribution in [0.2, 0.25) is 5.15 Å². The zero-order valence-electron chi connectivity index (χ0n) is 12.6. The molecule has 1 N–H and O–H groups in total. The Morgan fingerprint density at radius 2 is 2.10 bits per heavy atom. The van der Waals surface area contributed by atoms with Crippen LogP contribution in [-0.2, 0) is 11.2 Å². The first-order valence-electron chi connectivity index (χ1n) is 6.96. The van der Waals surface area contributed by atoms with E-state index >= 15 is 0 Å². The highest BCUT2D eigenvalue weighted by molar-refractivity contribution is 6.29. The Labute approximate surface area is 125 Å². The largest absolute Gasteiger partial charge is 0.374 e. The maximum atomic E-state index is 12.2. The number of pyridine rings is 1. The lowest BCUT2D eigenvalue weighted by molar-refractivity contribution is -0.00815. The second-order valence-electron chi connectivity index (χ2n) is 5.30. The van der Waals surface area contributed by atoms with Crippen LogP contribution in [0.25, 0.3) is 0 Å². The van der Waals surface area contributed by atoms with Crippen molar-refractivity contribution in [1.29, 1.82) is 0 Å². The van der Waals surface area contributed by atoms with Gasteiger partial charge in [-0.25, -0.2) is 4.98 Å². The summed E-state index contributed by atoms with van der Waals surface area (Å²) in [5, 5.41) is 3.22. The molecule has 112 valence electrons. The smallest absolute Gasteiger partial charge is 0.251 e. The summed E-state index contributed by atoms with van der Waals surface area (Å²) < 4.78 is 5.55. The van der Waals surface area contributed by atoms with E-state index in [0.717, 1.165) is 18.5 Å². The number of carbonyl (C=O) groups excluding carboxylic acids is 1. The molecule has 5 heteroatoms. The molecule has 0 radical (unpaired) electrons. The molecule has 0 aromatic carbocycles. The molecule has 0 spiro atoms. The fraction of sp³-hybridized carbons (Fsp3) is 0.600. The van der Waals surface area contributed by atoms with Gasteiger partial charge in [0.05, 0.1) is 5.60 Å². The number of nitrogens with zero attached hydrogens (tertiary/aromatic N) is 1. The van der Waals surface area contributed by atoms with Crippen molar-refractivity contribution in [3.8, 4) is 0 Å². The number of ether oxygens (including phenoxy) is 1. The maximum absolute atomic E-state index is 12.2. The predicted octanol–water partition coefficient (Wildman–Crippen LogP) is 3.23. The zero-order chi connectivity index (χ0) is 15.2. The normalized spacial score (nSPS) is 11.4. The van der Waals surface area contributed by atoms with Gasteiger partial charge in [-0.15, -0.1) is 0 Å². The SMILES string of the molecule is CCCc1cc(C(=O)NCC(C)(C)OCC)cc(Cl)n1. The van der Waals surface area contributed by atoms with Crippen molar-refractivity contribution in [1.82, 2.24) is 10.3 Å². The minimum absolute atomic E-state index is 0.153. The molecule has 0 fully saturated rings. The van der Waals surface area contributed by atoms with Gasteiger partial charge in [-0.05, 0) is 39.3 Å². The van der Waals surface area contributed by atoms with Gasteiger partial charge in [0.15, 0.2) is 0 Å². The lowest BCUT2D eigenvalue weighted by Gasteiger charge is -2.24. The molecule has 0 saturated heterocycles.